The lowest BCUT2D eigenvalue weighted by Gasteiger charge is -2.09. The molecule has 1 aromatic rings. The van der Waals surface area contributed by atoms with Gasteiger partial charge in [-0.3, -0.25) is 0 Å². The standard InChI is InChI=1S/C13H25N3S/c1-4-7-8-11(6-3)13-16-15-12(17-13)10-14-9-5-2/h11,14H,4-10H2,1-3H3. The number of hydrogen-bond donors (Lipinski definition) is 1. The number of hydrogen-bond acceptors (Lipinski definition) is 4. The second kappa shape index (κ2) is 8.59. The van der Waals surface area contributed by atoms with Gasteiger partial charge in [0, 0.05) is 12.5 Å². The second-order valence-electron chi connectivity index (χ2n) is 4.46. The third-order valence-corrected chi connectivity index (χ3v) is 4.02. The van der Waals surface area contributed by atoms with Crippen LogP contribution in [0.5, 0.6) is 0 Å². The Hall–Kier alpha value is -0.480. The lowest BCUT2D eigenvalue weighted by atomic mass is 10.0. The monoisotopic (exact) mass is 255 g/mol. The van der Waals surface area contributed by atoms with Crippen molar-refractivity contribution in [2.24, 2.45) is 0 Å². The average molecular weight is 255 g/mol. The van der Waals surface area contributed by atoms with Gasteiger partial charge in [-0.15, -0.1) is 10.2 Å². The van der Waals surface area contributed by atoms with Crippen LogP contribution in [0.2, 0.25) is 0 Å². The molecule has 0 amide bonds. The van der Waals surface area contributed by atoms with Crippen molar-refractivity contribution >= 4 is 11.3 Å². The summed E-state index contributed by atoms with van der Waals surface area (Å²) < 4.78 is 0. The van der Waals surface area contributed by atoms with E-state index in [0.717, 1.165) is 18.1 Å². The predicted octanol–water partition coefficient (Wildman–Crippen LogP) is 3.72. The molecule has 0 aromatic carbocycles. The van der Waals surface area contributed by atoms with E-state index in [-0.39, 0.29) is 0 Å². The van der Waals surface area contributed by atoms with E-state index in [0.29, 0.717) is 5.92 Å². The molecule has 0 spiro atoms. The molecule has 4 heteroatoms. The highest BCUT2D eigenvalue weighted by Crippen LogP contribution is 2.27. The van der Waals surface area contributed by atoms with Gasteiger partial charge in [-0.25, -0.2) is 0 Å². The summed E-state index contributed by atoms with van der Waals surface area (Å²) in [5, 5.41) is 14.4. The molecule has 0 aliphatic carbocycles. The highest BCUT2D eigenvalue weighted by atomic mass is 32.1. The summed E-state index contributed by atoms with van der Waals surface area (Å²) in [4.78, 5) is 0. The molecule has 98 valence electrons. The van der Waals surface area contributed by atoms with Crippen molar-refractivity contribution in [1.29, 1.82) is 0 Å². The summed E-state index contributed by atoms with van der Waals surface area (Å²) in [5.74, 6) is 0.618. The summed E-state index contributed by atoms with van der Waals surface area (Å²) in [6.45, 7) is 8.59. The molecular formula is C13H25N3S. The Balaban J connectivity index is 2.46. The zero-order valence-corrected chi connectivity index (χ0v) is 12.1. The minimum absolute atomic E-state index is 0.618. The SMILES string of the molecule is CCCCC(CC)c1nnc(CNCCC)s1. The molecule has 1 atom stereocenters. The van der Waals surface area contributed by atoms with Crippen LogP contribution in [0.1, 0.15) is 68.8 Å². The van der Waals surface area contributed by atoms with Gasteiger partial charge >= 0.3 is 0 Å². The highest BCUT2D eigenvalue weighted by molar-refractivity contribution is 7.11. The maximum atomic E-state index is 4.35. The van der Waals surface area contributed by atoms with Gasteiger partial charge in [-0.2, -0.15) is 0 Å². The van der Waals surface area contributed by atoms with Crippen LogP contribution in [0.4, 0.5) is 0 Å². The van der Waals surface area contributed by atoms with Gasteiger partial charge in [0.05, 0.1) is 0 Å². The van der Waals surface area contributed by atoms with Gasteiger partial charge < -0.3 is 5.32 Å². The van der Waals surface area contributed by atoms with E-state index < -0.39 is 0 Å². The first-order valence-corrected chi connectivity index (χ1v) is 7.66. The maximum Gasteiger partial charge on any atom is 0.131 e. The zero-order chi connectivity index (χ0) is 12.5. The summed E-state index contributed by atoms with van der Waals surface area (Å²) in [6.07, 6.45) is 6.16. The molecule has 1 N–H and O–H groups in total. The Morgan fingerprint density at radius 2 is 2.00 bits per heavy atom. The molecule has 0 saturated carbocycles. The highest BCUT2D eigenvalue weighted by Gasteiger charge is 2.14. The topological polar surface area (TPSA) is 37.8 Å². The van der Waals surface area contributed by atoms with Crippen molar-refractivity contribution in [1.82, 2.24) is 15.5 Å². The Labute approximate surface area is 109 Å². The number of rotatable bonds is 9. The summed E-state index contributed by atoms with van der Waals surface area (Å²) in [5.41, 5.74) is 0. The Kier molecular flexibility index (Phi) is 7.37. The van der Waals surface area contributed by atoms with Crippen LogP contribution in [0, 0.1) is 0 Å². The van der Waals surface area contributed by atoms with Crippen molar-refractivity contribution in [3.63, 3.8) is 0 Å². The third kappa shape index (κ3) is 5.13. The van der Waals surface area contributed by atoms with Crippen LogP contribution in [-0.2, 0) is 6.54 Å². The van der Waals surface area contributed by atoms with Crippen molar-refractivity contribution < 1.29 is 0 Å². The summed E-state index contributed by atoms with van der Waals surface area (Å²) in [7, 11) is 0. The van der Waals surface area contributed by atoms with E-state index in [1.165, 1.54) is 37.1 Å². The Morgan fingerprint density at radius 3 is 2.65 bits per heavy atom. The molecule has 1 unspecified atom stereocenters. The minimum atomic E-state index is 0.618. The third-order valence-electron chi connectivity index (χ3n) is 2.93. The molecule has 0 aliphatic rings. The van der Waals surface area contributed by atoms with Gasteiger partial charge in [-0.05, 0) is 25.8 Å². The second-order valence-corrected chi connectivity index (χ2v) is 5.55. The predicted molar refractivity (Wildman–Crippen MR) is 74.5 cm³/mol. The molecule has 17 heavy (non-hydrogen) atoms. The van der Waals surface area contributed by atoms with E-state index in [4.69, 9.17) is 0 Å². The lowest BCUT2D eigenvalue weighted by molar-refractivity contribution is 0.562. The lowest BCUT2D eigenvalue weighted by Crippen LogP contribution is -2.13. The average Bonchev–Trinajstić information content (AvgIpc) is 2.79. The van der Waals surface area contributed by atoms with E-state index in [2.05, 4.69) is 36.3 Å². The Morgan fingerprint density at radius 1 is 1.18 bits per heavy atom. The van der Waals surface area contributed by atoms with E-state index in [1.54, 1.807) is 11.3 Å². The molecule has 3 nitrogen and oxygen atoms in total. The van der Waals surface area contributed by atoms with E-state index >= 15 is 0 Å². The molecular weight excluding hydrogens is 230 g/mol. The van der Waals surface area contributed by atoms with Gasteiger partial charge in [0.1, 0.15) is 10.0 Å². The first kappa shape index (κ1) is 14.6. The molecule has 1 aromatic heterocycles. The summed E-state index contributed by atoms with van der Waals surface area (Å²) in [6, 6.07) is 0. The molecule has 0 saturated heterocycles. The zero-order valence-electron chi connectivity index (χ0n) is 11.3. The van der Waals surface area contributed by atoms with Crippen molar-refractivity contribution in [2.45, 2.75) is 65.3 Å². The number of nitrogens with zero attached hydrogens (tertiary/aromatic N) is 2. The summed E-state index contributed by atoms with van der Waals surface area (Å²) >= 11 is 1.78. The molecule has 0 bridgehead atoms. The number of unbranched alkanes of at least 4 members (excludes halogenated alkanes) is 1. The molecule has 0 radical (unpaired) electrons. The minimum Gasteiger partial charge on any atom is -0.310 e. The first-order chi connectivity index (χ1) is 8.31. The fraction of sp³-hybridized carbons (Fsp3) is 0.846. The van der Waals surface area contributed by atoms with Gasteiger partial charge in [-0.1, -0.05) is 44.9 Å². The number of aromatic nitrogens is 2. The van der Waals surface area contributed by atoms with E-state index in [9.17, 15) is 0 Å². The van der Waals surface area contributed by atoms with Crippen LogP contribution < -0.4 is 5.32 Å². The smallest absolute Gasteiger partial charge is 0.131 e. The quantitative estimate of drug-likeness (QED) is 0.683. The molecule has 0 aliphatic heterocycles. The fourth-order valence-electron chi connectivity index (χ4n) is 1.83. The maximum absolute atomic E-state index is 4.35. The number of nitrogens with one attached hydrogen (secondary N) is 1. The molecule has 0 fully saturated rings. The van der Waals surface area contributed by atoms with Crippen LogP contribution >= 0.6 is 11.3 Å². The van der Waals surface area contributed by atoms with Crippen molar-refractivity contribution in [3.05, 3.63) is 10.0 Å². The van der Waals surface area contributed by atoms with E-state index in [1.807, 2.05) is 0 Å². The Bertz CT molecular complexity index is 299. The van der Waals surface area contributed by atoms with Crippen molar-refractivity contribution in [3.8, 4) is 0 Å². The van der Waals surface area contributed by atoms with Crippen LogP contribution in [0.15, 0.2) is 0 Å². The molecule has 1 rings (SSSR count). The molecule has 1 heterocycles. The first-order valence-electron chi connectivity index (χ1n) is 6.84. The fourth-order valence-corrected chi connectivity index (χ4v) is 2.86. The van der Waals surface area contributed by atoms with Crippen LogP contribution in [0.3, 0.4) is 0 Å². The largest absolute Gasteiger partial charge is 0.310 e. The van der Waals surface area contributed by atoms with Gasteiger partial charge in [0.15, 0.2) is 0 Å². The van der Waals surface area contributed by atoms with Gasteiger partial charge in [0.2, 0.25) is 0 Å². The van der Waals surface area contributed by atoms with Crippen molar-refractivity contribution in [2.75, 3.05) is 6.54 Å². The van der Waals surface area contributed by atoms with Crippen LogP contribution in [-0.4, -0.2) is 16.7 Å². The van der Waals surface area contributed by atoms with Crippen LogP contribution in [0.25, 0.3) is 0 Å². The van der Waals surface area contributed by atoms with Gasteiger partial charge in [0.25, 0.3) is 0 Å². The normalized spacial score (nSPS) is 12.9.